The lowest BCUT2D eigenvalue weighted by molar-refractivity contribution is -0.164. The van der Waals surface area contributed by atoms with Crippen LogP contribution in [0.5, 0.6) is 0 Å². The Morgan fingerprint density at radius 3 is 2.72 bits per heavy atom. The van der Waals surface area contributed by atoms with Gasteiger partial charge in [-0.25, -0.2) is 0 Å². The average Bonchev–Trinajstić information content (AvgIpc) is 3.10. The predicted molar refractivity (Wildman–Crippen MR) is 125 cm³/mol. The maximum Gasteiger partial charge on any atom is 0.150 e. The van der Waals surface area contributed by atoms with Gasteiger partial charge < -0.3 is 14.2 Å². The summed E-state index contributed by atoms with van der Waals surface area (Å²) in [4.78, 5) is 11.3. The van der Waals surface area contributed by atoms with Gasteiger partial charge in [-0.1, -0.05) is 36.8 Å². The molecule has 0 aromatic heterocycles. The lowest BCUT2D eigenvalue weighted by Crippen LogP contribution is -2.55. The smallest absolute Gasteiger partial charge is 0.150 e. The average molecular weight is 437 g/mol. The number of rotatable bonds is 6. The van der Waals surface area contributed by atoms with Crippen LogP contribution >= 0.6 is 0 Å². The van der Waals surface area contributed by atoms with Crippen molar-refractivity contribution in [1.29, 1.82) is 0 Å². The molecule has 1 aromatic carbocycles. The molecule has 0 spiro atoms. The van der Waals surface area contributed by atoms with E-state index in [2.05, 4.69) is 26.0 Å². The van der Waals surface area contributed by atoms with Gasteiger partial charge in [0.05, 0.1) is 25.1 Å². The Hall–Kier alpha value is -1.91. The standard InChI is InChI=1S/C28H36O4/c1-4-32-28(18-30-3)13-11-25-23-10-9-21-17-31-14-12-22(21)26(23)24(15-27(25,28)2)20-7-5-19(16-29)6-8-20/h5-8,16-17,23-25H,4,9-15,18H2,1-3H3/t23?,24?,25?,27-,28?/m0/s1. The fourth-order valence-electron chi connectivity index (χ4n) is 7.65. The highest BCUT2D eigenvalue weighted by Crippen LogP contribution is 2.67. The lowest BCUT2D eigenvalue weighted by atomic mass is 9.51. The van der Waals surface area contributed by atoms with Gasteiger partial charge in [-0.3, -0.25) is 4.79 Å². The first-order valence-electron chi connectivity index (χ1n) is 12.3. The normalized spacial score (nSPS) is 36.0. The summed E-state index contributed by atoms with van der Waals surface area (Å²) >= 11 is 0. The minimum absolute atomic E-state index is 0.0497. The summed E-state index contributed by atoms with van der Waals surface area (Å²) in [5.41, 5.74) is 6.49. The van der Waals surface area contributed by atoms with Crippen molar-refractivity contribution in [3.63, 3.8) is 0 Å². The van der Waals surface area contributed by atoms with Gasteiger partial charge in [0.2, 0.25) is 0 Å². The van der Waals surface area contributed by atoms with Crippen molar-refractivity contribution >= 4 is 6.29 Å². The summed E-state index contributed by atoms with van der Waals surface area (Å²) in [6.07, 6.45) is 9.59. The zero-order valence-corrected chi connectivity index (χ0v) is 19.7. The molecule has 0 saturated heterocycles. The third-order valence-electron chi connectivity index (χ3n) is 9.04. The first-order valence-corrected chi connectivity index (χ1v) is 12.3. The molecule has 0 amide bonds. The highest BCUT2D eigenvalue weighted by molar-refractivity contribution is 5.74. The molecule has 172 valence electrons. The van der Waals surface area contributed by atoms with E-state index in [-0.39, 0.29) is 11.0 Å². The van der Waals surface area contributed by atoms with Crippen LogP contribution in [0, 0.1) is 17.3 Å². The number of carbonyl (C=O) groups excluding carboxylic acids is 1. The zero-order valence-electron chi connectivity index (χ0n) is 19.7. The van der Waals surface area contributed by atoms with E-state index in [0.717, 1.165) is 44.1 Å². The van der Waals surface area contributed by atoms with E-state index in [9.17, 15) is 4.79 Å². The van der Waals surface area contributed by atoms with Gasteiger partial charge in [-0.15, -0.1) is 0 Å². The maximum absolute atomic E-state index is 11.3. The molecule has 1 heterocycles. The van der Waals surface area contributed by atoms with Crippen LogP contribution in [0.1, 0.15) is 74.2 Å². The van der Waals surface area contributed by atoms with Crippen molar-refractivity contribution in [1.82, 2.24) is 0 Å². The van der Waals surface area contributed by atoms with Crippen molar-refractivity contribution in [2.24, 2.45) is 17.3 Å². The van der Waals surface area contributed by atoms with Gasteiger partial charge in [0, 0.05) is 37.0 Å². The second kappa shape index (κ2) is 8.46. The van der Waals surface area contributed by atoms with Gasteiger partial charge in [0.1, 0.15) is 6.29 Å². The molecule has 1 aromatic rings. The second-order valence-electron chi connectivity index (χ2n) is 10.3. The third-order valence-corrected chi connectivity index (χ3v) is 9.04. The van der Waals surface area contributed by atoms with Crippen molar-refractivity contribution in [3.8, 4) is 0 Å². The molecule has 1 aliphatic heterocycles. The summed E-state index contributed by atoms with van der Waals surface area (Å²) in [7, 11) is 1.81. The molecule has 4 unspecified atom stereocenters. The van der Waals surface area contributed by atoms with E-state index in [0.29, 0.717) is 31.0 Å². The summed E-state index contributed by atoms with van der Waals surface area (Å²) in [6.45, 7) is 6.73. The predicted octanol–water partition coefficient (Wildman–Crippen LogP) is 5.84. The van der Waals surface area contributed by atoms with Gasteiger partial charge in [-0.2, -0.15) is 0 Å². The van der Waals surface area contributed by atoms with Crippen LogP contribution in [0.15, 0.2) is 47.2 Å². The van der Waals surface area contributed by atoms with E-state index in [1.807, 2.05) is 25.5 Å². The van der Waals surface area contributed by atoms with Crippen molar-refractivity contribution < 1.29 is 19.0 Å². The molecule has 0 N–H and O–H groups in total. The van der Waals surface area contributed by atoms with Crippen molar-refractivity contribution in [2.45, 2.75) is 63.9 Å². The number of hydrogen-bond donors (Lipinski definition) is 0. The van der Waals surface area contributed by atoms with Crippen LogP contribution < -0.4 is 0 Å². The highest BCUT2D eigenvalue weighted by atomic mass is 16.5. The zero-order chi connectivity index (χ0) is 22.3. The SMILES string of the molecule is CCOC1(COC)CCC2C3CCC4=COCCC4=C3C(c3ccc(C=O)cc3)C[C@@]21C. The van der Waals surface area contributed by atoms with Crippen LogP contribution in [0.4, 0.5) is 0 Å². The number of benzene rings is 1. The molecule has 4 aliphatic rings. The fraction of sp³-hybridized carbons (Fsp3) is 0.607. The topological polar surface area (TPSA) is 44.8 Å². The molecule has 5 atom stereocenters. The fourth-order valence-corrected chi connectivity index (χ4v) is 7.65. The molecule has 2 saturated carbocycles. The van der Waals surface area contributed by atoms with Crippen LogP contribution in [0.25, 0.3) is 0 Å². The van der Waals surface area contributed by atoms with Crippen molar-refractivity contribution in [2.75, 3.05) is 26.9 Å². The summed E-state index contributed by atoms with van der Waals surface area (Å²) in [5.74, 6) is 1.53. The number of ether oxygens (including phenoxy) is 3. The van der Waals surface area contributed by atoms with E-state index >= 15 is 0 Å². The minimum Gasteiger partial charge on any atom is -0.501 e. The minimum atomic E-state index is -0.232. The first kappa shape index (κ1) is 21.9. The largest absolute Gasteiger partial charge is 0.501 e. The Kier molecular flexibility index (Phi) is 5.79. The quantitative estimate of drug-likeness (QED) is 0.526. The van der Waals surface area contributed by atoms with E-state index in [1.54, 1.807) is 11.1 Å². The Morgan fingerprint density at radius 2 is 2.00 bits per heavy atom. The molecule has 5 rings (SSSR count). The Bertz CT molecular complexity index is 921. The van der Waals surface area contributed by atoms with Crippen LogP contribution in [-0.4, -0.2) is 38.8 Å². The maximum atomic E-state index is 11.3. The van der Waals surface area contributed by atoms with Gasteiger partial charge in [0.25, 0.3) is 0 Å². The molecule has 3 aliphatic carbocycles. The Balaban J connectivity index is 1.65. The summed E-state index contributed by atoms with van der Waals surface area (Å²) < 4.78 is 18.1. The summed E-state index contributed by atoms with van der Waals surface area (Å²) in [6, 6.07) is 8.29. The number of methoxy groups -OCH3 is 1. The monoisotopic (exact) mass is 436 g/mol. The highest BCUT2D eigenvalue weighted by Gasteiger charge is 2.64. The molecular formula is C28H36O4. The number of aldehydes is 1. The van der Waals surface area contributed by atoms with Crippen molar-refractivity contribution in [3.05, 3.63) is 58.4 Å². The number of carbonyl (C=O) groups is 1. The molecule has 32 heavy (non-hydrogen) atoms. The van der Waals surface area contributed by atoms with Crippen LogP contribution in [-0.2, 0) is 14.2 Å². The summed E-state index contributed by atoms with van der Waals surface area (Å²) in [5, 5.41) is 0. The lowest BCUT2D eigenvalue weighted by Gasteiger charge is -2.56. The molecular weight excluding hydrogens is 400 g/mol. The molecule has 0 radical (unpaired) electrons. The van der Waals surface area contributed by atoms with Crippen LogP contribution in [0.3, 0.4) is 0 Å². The van der Waals surface area contributed by atoms with Crippen LogP contribution in [0.2, 0.25) is 0 Å². The number of hydrogen-bond acceptors (Lipinski definition) is 4. The Labute approximate surface area is 192 Å². The third kappa shape index (κ3) is 3.21. The number of fused-ring (bicyclic) bond motifs is 4. The number of allylic oxidation sites excluding steroid dienone is 2. The molecule has 4 heteroatoms. The molecule has 2 fully saturated rings. The molecule has 4 nitrogen and oxygen atoms in total. The first-order chi connectivity index (χ1) is 15.6. The van der Waals surface area contributed by atoms with E-state index < -0.39 is 0 Å². The van der Waals surface area contributed by atoms with Gasteiger partial charge in [0.15, 0.2) is 0 Å². The molecule has 0 bridgehead atoms. The van der Waals surface area contributed by atoms with Gasteiger partial charge in [-0.05, 0) is 67.6 Å². The van der Waals surface area contributed by atoms with E-state index in [1.165, 1.54) is 24.0 Å². The second-order valence-corrected chi connectivity index (χ2v) is 10.3. The van der Waals surface area contributed by atoms with Gasteiger partial charge >= 0.3 is 0 Å². The van der Waals surface area contributed by atoms with E-state index in [4.69, 9.17) is 14.2 Å². The Morgan fingerprint density at radius 1 is 1.19 bits per heavy atom.